The normalized spacial score (nSPS) is 13.9. The van der Waals surface area contributed by atoms with Gasteiger partial charge in [-0.2, -0.15) is 8.42 Å². The molecule has 78 valence electrons. The van der Waals surface area contributed by atoms with Crippen LogP contribution in [0.1, 0.15) is 31.7 Å². The summed E-state index contributed by atoms with van der Waals surface area (Å²) in [6.45, 7) is 4.05. The lowest BCUT2D eigenvalue weighted by molar-refractivity contribution is 0.483. The summed E-state index contributed by atoms with van der Waals surface area (Å²) in [4.78, 5) is -0.0321. The van der Waals surface area contributed by atoms with Gasteiger partial charge in [-0.05, 0) is 30.0 Å². The Morgan fingerprint density at radius 1 is 1.43 bits per heavy atom. The molecule has 1 atom stereocenters. The Bertz CT molecular complexity index is 409. The topological polar surface area (TPSA) is 54.4 Å². The van der Waals surface area contributed by atoms with Gasteiger partial charge in [0, 0.05) is 0 Å². The second-order valence-electron chi connectivity index (χ2n) is 3.36. The molecule has 0 bridgehead atoms. The number of benzene rings is 1. The quantitative estimate of drug-likeness (QED) is 0.786. The predicted molar refractivity (Wildman–Crippen MR) is 55.0 cm³/mol. The third-order valence-corrected chi connectivity index (χ3v) is 3.19. The Morgan fingerprint density at radius 3 is 2.57 bits per heavy atom. The van der Waals surface area contributed by atoms with E-state index >= 15 is 0 Å². The van der Waals surface area contributed by atoms with E-state index in [0.29, 0.717) is 5.92 Å². The SMILES string of the molecule is CCC(C)c1cccc(S(=O)(=O)O)c1. The zero-order valence-corrected chi connectivity index (χ0v) is 9.08. The maximum absolute atomic E-state index is 10.9. The minimum atomic E-state index is -4.07. The Morgan fingerprint density at radius 2 is 2.07 bits per heavy atom. The highest BCUT2D eigenvalue weighted by Gasteiger charge is 2.11. The molecule has 0 heterocycles. The van der Waals surface area contributed by atoms with Crippen LogP contribution < -0.4 is 0 Å². The summed E-state index contributed by atoms with van der Waals surface area (Å²) in [6, 6.07) is 6.41. The van der Waals surface area contributed by atoms with Crippen molar-refractivity contribution in [2.75, 3.05) is 0 Å². The minimum absolute atomic E-state index is 0.0321. The largest absolute Gasteiger partial charge is 0.294 e. The van der Waals surface area contributed by atoms with Gasteiger partial charge in [0.1, 0.15) is 0 Å². The second kappa shape index (κ2) is 4.11. The van der Waals surface area contributed by atoms with Crippen molar-refractivity contribution in [1.82, 2.24) is 0 Å². The predicted octanol–water partition coefficient (Wildman–Crippen LogP) is 2.45. The minimum Gasteiger partial charge on any atom is -0.282 e. The molecule has 1 rings (SSSR count). The fourth-order valence-electron chi connectivity index (χ4n) is 1.22. The average Bonchev–Trinajstić information content (AvgIpc) is 2.15. The first-order chi connectivity index (χ1) is 6.45. The lowest BCUT2D eigenvalue weighted by Gasteiger charge is -2.09. The van der Waals surface area contributed by atoms with Gasteiger partial charge >= 0.3 is 0 Å². The van der Waals surface area contributed by atoms with Crippen molar-refractivity contribution < 1.29 is 13.0 Å². The summed E-state index contributed by atoms with van der Waals surface area (Å²) in [7, 11) is -4.07. The first-order valence-electron chi connectivity index (χ1n) is 4.52. The first kappa shape index (κ1) is 11.2. The van der Waals surface area contributed by atoms with Crippen molar-refractivity contribution in [2.45, 2.75) is 31.1 Å². The summed E-state index contributed by atoms with van der Waals surface area (Å²) >= 11 is 0. The van der Waals surface area contributed by atoms with Crippen LogP contribution in [0.5, 0.6) is 0 Å². The molecule has 1 unspecified atom stereocenters. The molecule has 4 heteroatoms. The van der Waals surface area contributed by atoms with Crippen LogP contribution in [0.4, 0.5) is 0 Å². The van der Waals surface area contributed by atoms with E-state index in [0.717, 1.165) is 12.0 Å². The molecular weight excluding hydrogens is 200 g/mol. The molecule has 1 aromatic carbocycles. The van der Waals surface area contributed by atoms with E-state index in [4.69, 9.17) is 4.55 Å². The van der Waals surface area contributed by atoms with Crippen LogP contribution in [0.3, 0.4) is 0 Å². The van der Waals surface area contributed by atoms with Crippen molar-refractivity contribution in [3.05, 3.63) is 29.8 Å². The molecule has 0 aliphatic rings. The van der Waals surface area contributed by atoms with Crippen molar-refractivity contribution in [3.8, 4) is 0 Å². The smallest absolute Gasteiger partial charge is 0.282 e. The summed E-state index contributed by atoms with van der Waals surface area (Å²) in [5.74, 6) is 0.302. The van der Waals surface area contributed by atoms with Gasteiger partial charge in [-0.25, -0.2) is 0 Å². The molecule has 0 saturated carbocycles. The molecule has 1 N–H and O–H groups in total. The summed E-state index contributed by atoms with van der Waals surface area (Å²) in [5, 5.41) is 0. The first-order valence-corrected chi connectivity index (χ1v) is 5.96. The Labute approximate surface area is 84.5 Å². The van der Waals surface area contributed by atoms with Gasteiger partial charge in [-0.3, -0.25) is 4.55 Å². The molecule has 14 heavy (non-hydrogen) atoms. The van der Waals surface area contributed by atoms with Crippen LogP contribution in [0.2, 0.25) is 0 Å². The molecule has 0 spiro atoms. The molecule has 0 saturated heterocycles. The number of rotatable bonds is 3. The molecular formula is C10H14O3S. The number of hydrogen-bond acceptors (Lipinski definition) is 2. The van der Waals surface area contributed by atoms with Gasteiger partial charge in [-0.15, -0.1) is 0 Å². The van der Waals surface area contributed by atoms with E-state index in [1.54, 1.807) is 6.07 Å². The van der Waals surface area contributed by atoms with Crippen LogP contribution >= 0.6 is 0 Å². The molecule has 0 radical (unpaired) electrons. The zero-order valence-electron chi connectivity index (χ0n) is 8.27. The van der Waals surface area contributed by atoms with E-state index in [1.807, 2.05) is 19.9 Å². The zero-order chi connectivity index (χ0) is 10.8. The second-order valence-corrected chi connectivity index (χ2v) is 4.78. The van der Waals surface area contributed by atoms with E-state index in [1.165, 1.54) is 12.1 Å². The van der Waals surface area contributed by atoms with Crippen molar-refractivity contribution >= 4 is 10.1 Å². The van der Waals surface area contributed by atoms with Crippen LogP contribution in [0.15, 0.2) is 29.2 Å². The molecule has 0 amide bonds. The van der Waals surface area contributed by atoms with Crippen LogP contribution in [0.25, 0.3) is 0 Å². The Hall–Kier alpha value is -0.870. The van der Waals surface area contributed by atoms with Gasteiger partial charge in [-0.1, -0.05) is 26.0 Å². The maximum atomic E-state index is 10.9. The van der Waals surface area contributed by atoms with Gasteiger partial charge in [0.25, 0.3) is 10.1 Å². The molecule has 0 aliphatic heterocycles. The highest BCUT2D eigenvalue weighted by atomic mass is 32.2. The third kappa shape index (κ3) is 2.56. The highest BCUT2D eigenvalue weighted by Crippen LogP contribution is 2.21. The average molecular weight is 214 g/mol. The third-order valence-electron chi connectivity index (χ3n) is 2.34. The van der Waals surface area contributed by atoms with Crippen LogP contribution in [0, 0.1) is 0 Å². The molecule has 1 aromatic rings. The summed E-state index contributed by atoms with van der Waals surface area (Å²) < 4.78 is 30.5. The van der Waals surface area contributed by atoms with E-state index in [-0.39, 0.29) is 4.90 Å². The summed E-state index contributed by atoms with van der Waals surface area (Å²) in [5.41, 5.74) is 0.933. The fraction of sp³-hybridized carbons (Fsp3) is 0.400. The van der Waals surface area contributed by atoms with E-state index in [2.05, 4.69) is 0 Å². The monoisotopic (exact) mass is 214 g/mol. The summed E-state index contributed by atoms with van der Waals surface area (Å²) in [6.07, 6.45) is 0.939. The molecule has 0 aromatic heterocycles. The van der Waals surface area contributed by atoms with Crippen LogP contribution in [-0.2, 0) is 10.1 Å². The van der Waals surface area contributed by atoms with Gasteiger partial charge in [0.2, 0.25) is 0 Å². The molecule has 3 nitrogen and oxygen atoms in total. The van der Waals surface area contributed by atoms with Gasteiger partial charge in [0.15, 0.2) is 0 Å². The van der Waals surface area contributed by atoms with Crippen molar-refractivity contribution in [3.63, 3.8) is 0 Å². The van der Waals surface area contributed by atoms with Gasteiger partial charge < -0.3 is 0 Å². The Balaban J connectivity index is 3.14. The molecule has 0 aliphatic carbocycles. The van der Waals surface area contributed by atoms with E-state index < -0.39 is 10.1 Å². The maximum Gasteiger partial charge on any atom is 0.294 e. The standard InChI is InChI=1S/C10H14O3S/c1-3-8(2)9-5-4-6-10(7-9)14(11,12)13/h4-8H,3H2,1-2H3,(H,11,12,13). The van der Waals surface area contributed by atoms with Crippen molar-refractivity contribution in [2.24, 2.45) is 0 Å². The highest BCUT2D eigenvalue weighted by molar-refractivity contribution is 7.85. The lowest BCUT2D eigenvalue weighted by atomic mass is 9.99. The number of hydrogen-bond donors (Lipinski definition) is 1. The molecule has 0 fully saturated rings. The fourth-order valence-corrected chi connectivity index (χ4v) is 1.75. The van der Waals surface area contributed by atoms with Gasteiger partial charge in [0.05, 0.1) is 4.90 Å². The lowest BCUT2D eigenvalue weighted by Crippen LogP contribution is -2.00. The van der Waals surface area contributed by atoms with Crippen molar-refractivity contribution in [1.29, 1.82) is 0 Å². The van der Waals surface area contributed by atoms with E-state index in [9.17, 15) is 8.42 Å². The van der Waals surface area contributed by atoms with Crippen LogP contribution in [-0.4, -0.2) is 13.0 Å². The Kier molecular flexibility index (Phi) is 3.29.